The van der Waals surface area contributed by atoms with E-state index in [0.29, 0.717) is 0 Å². The molecule has 1 fully saturated rings. The molecule has 2 aromatic rings. The Morgan fingerprint density at radius 1 is 0.882 bits per heavy atom. The average molecular weight is 222 g/mol. The van der Waals surface area contributed by atoms with Crippen LogP contribution in [0.25, 0.3) is 0 Å². The van der Waals surface area contributed by atoms with Gasteiger partial charge in [0, 0.05) is 11.3 Å². The zero-order valence-corrected chi connectivity index (χ0v) is 9.54. The van der Waals surface area contributed by atoms with E-state index in [1.54, 1.807) is 0 Å². The van der Waals surface area contributed by atoms with Crippen LogP contribution in [0.1, 0.15) is 17.5 Å². The molecule has 17 heavy (non-hydrogen) atoms. The average Bonchev–Trinajstić information content (AvgIpc) is 3.17. The van der Waals surface area contributed by atoms with Crippen LogP contribution in [0.2, 0.25) is 0 Å². The van der Waals surface area contributed by atoms with Gasteiger partial charge < -0.3 is 4.79 Å². The Bertz CT molecular complexity index is 476. The fourth-order valence-electron chi connectivity index (χ4n) is 2.75. The molecule has 3 rings (SSSR count). The molecule has 0 radical (unpaired) electrons. The number of hydrogen-bond acceptors (Lipinski definition) is 1. The quantitative estimate of drug-likeness (QED) is 0.729. The van der Waals surface area contributed by atoms with Gasteiger partial charge in [0.25, 0.3) is 0 Å². The Kier molecular flexibility index (Phi) is 2.32. The van der Waals surface area contributed by atoms with Crippen LogP contribution < -0.4 is 0 Å². The van der Waals surface area contributed by atoms with E-state index in [1.807, 2.05) is 36.4 Å². The predicted octanol–water partition coefficient (Wildman–Crippen LogP) is 3.19. The lowest BCUT2D eigenvalue weighted by molar-refractivity contribution is -0.109. The lowest BCUT2D eigenvalue weighted by Gasteiger charge is -2.17. The lowest BCUT2D eigenvalue weighted by atomic mass is 9.86. The first-order chi connectivity index (χ1) is 8.38. The number of carbonyl (C=O) groups is 1. The Morgan fingerprint density at radius 2 is 1.35 bits per heavy atom. The number of rotatable bonds is 3. The normalized spacial score (nSPS) is 20.8. The fourth-order valence-corrected chi connectivity index (χ4v) is 2.75. The van der Waals surface area contributed by atoms with Crippen LogP contribution in [0.3, 0.4) is 0 Å². The molecular formula is C16H14O. The molecule has 0 spiro atoms. The van der Waals surface area contributed by atoms with E-state index < -0.39 is 0 Å². The molecule has 1 aliphatic carbocycles. The molecule has 0 bridgehead atoms. The van der Waals surface area contributed by atoms with Crippen molar-refractivity contribution in [1.29, 1.82) is 0 Å². The van der Waals surface area contributed by atoms with Crippen molar-refractivity contribution in [2.45, 2.75) is 11.8 Å². The summed E-state index contributed by atoms with van der Waals surface area (Å²) >= 11 is 0. The standard InChI is InChI=1S/C16H14O/c17-12-15-11-16(15,13-7-3-1-4-8-13)14-9-5-2-6-10-14/h1-10,12,15H,11H2. The Morgan fingerprint density at radius 3 is 1.71 bits per heavy atom. The largest absolute Gasteiger partial charge is 0.303 e. The summed E-state index contributed by atoms with van der Waals surface area (Å²) in [5, 5.41) is 0. The van der Waals surface area contributed by atoms with Crippen molar-refractivity contribution in [3.8, 4) is 0 Å². The highest BCUT2D eigenvalue weighted by atomic mass is 16.1. The highest BCUT2D eigenvalue weighted by Crippen LogP contribution is 2.57. The topological polar surface area (TPSA) is 17.1 Å². The monoisotopic (exact) mass is 222 g/mol. The summed E-state index contributed by atoms with van der Waals surface area (Å²) in [5.74, 6) is 0.132. The minimum atomic E-state index is -0.0652. The molecule has 1 nitrogen and oxygen atoms in total. The van der Waals surface area contributed by atoms with Gasteiger partial charge in [-0.3, -0.25) is 0 Å². The van der Waals surface area contributed by atoms with Crippen LogP contribution in [0.15, 0.2) is 60.7 Å². The van der Waals surface area contributed by atoms with Gasteiger partial charge in [-0.1, -0.05) is 60.7 Å². The summed E-state index contributed by atoms with van der Waals surface area (Å²) in [5.41, 5.74) is 2.44. The minimum absolute atomic E-state index is 0.0652. The number of hydrogen-bond donors (Lipinski definition) is 0. The molecule has 0 aliphatic heterocycles. The minimum Gasteiger partial charge on any atom is -0.303 e. The summed E-state index contributed by atoms with van der Waals surface area (Å²) < 4.78 is 0. The number of aldehydes is 1. The van der Waals surface area contributed by atoms with Crippen LogP contribution in [0.4, 0.5) is 0 Å². The van der Waals surface area contributed by atoms with Crippen molar-refractivity contribution < 1.29 is 4.79 Å². The highest BCUT2D eigenvalue weighted by Gasteiger charge is 2.56. The van der Waals surface area contributed by atoms with Gasteiger partial charge in [-0.25, -0.2) is 0 Å². The smallest absolute Gasteiger partial charge is 0.124 e. The first-order valence-corrected chi connectivity index (χ1v) is 5.94. The van der Waals surface area contributed by atoms with Gasteiger partial charge in [-0.15, -0.1) is 0 Å². The molecule has 0 N–H and O–H groups in total. The molecule has 1 heteroatoms. The van der Waals surface area contributed by atoms with E-state index in [2.05, 4.69) is 24.3 Å². The Labute approximate surface area is 101 Å². The summed E-state index contributed by atoms with van der Waals surface area (Å²) in [4.78, 5) is 11.1. The second-order valence-corrected chi connectivity index (χ2v) is 4.65. The zero-order chi connectivity index (χ0) is 11.7. The van der Waals surface area contributed by atoms with E-state index in [-0.39, 0.29) is 11.3 Å². The van der Waals surface area contributed by atoms with Crippen LogP contribution >= 0.6 is 0 Å². The molecule has 1 atom stereocenters. The molecule has 1 aliphatic rings. The molecule has 2 aromatic carbocycles. The zero-order valence-electron chi connectivity index (χ0n) is 9.54. The molecule has 0 aromatic heterocycles. The lowest BCUT2D eigenvalue weighted by Crippen LogP contribution is -2.12. The van der Waals surface area contributed by atoms with Crippen LogP contribution in [-0.4, -0.2) is 6.29 Å². The van der Waals surface area contributed by atoms with Crippen molar-refractivity contribution in [2.75, 3.05) is 0 Å². The Balaban J connectivity index is 2.11. The second-order valence-electron chi connectivity index (χ2n) is 4.65. The van der Waals surface area contributed by atoms with Crippen molar-refractivity contribution in [2.24, 2.45) is 5.92 Å². The Hall–Kier alpha value is -1.89. The second kappa shape index (κ2) is 3.85. The van der Waals surface area contributed by atoms with Crippen LogP contribution in [0, 0.1) is 5.92 Å². The van der Waals surface area contributed by atoms with E-state index in [0.717, 1.165) is 12.7 Å². The van der Waals surface area contributed by atoms with Crippen molar-refractivity contribution in [3.05, 3.63) is 71.8 Å². The van der Waals surface area contributed by atoms with Gasteiger partial charge in [0.2, 0.25) is 0 Å². The van der Waals surface area contributed by atoms with Crippen LogP contribution in [0.5, 0.6) is 0 Å². The first kappa shape index (κ1) is 10.3. The first-order valence-electron chi connectivity index (χ1n) is 5.94. The van der Waals surface area contributed by atoms with Gasteiger partial charge in [0.15, 0.2) is 0 Å². The maximum atomic E-state index is 11.1. The molecule has 0 saturated heterocycles. The molecule has 0 heterocycles. The summed E-state index contributed by atoms with van der Waals surface area (Å²) in [7, 11) is 0. The van der Waals surface area contributed by atoms with Gasteiger partial charge in [-0.05, 0) is 17.5 Å². The van der Waals surface area contributed by atoms with E-state index in [1.165, 1.54) is 11.1 Å². The summed E-state index contributed by atoms with van der Waals surface area (Å²) in [6.45, 7) is 0. The van der Waals surface area contributed by atoms with Gasteiger partial charge in [0.1, 0.15) is 6.29 Å². The predicted molar refractivity (Wildman–Crippen MR) is 67.8 cm³/mol. The molecule has 1 saturated carbocycles. The SMILES string of the molecule is O=CC1CC1(c1ccccc1)c1ccccc1. The molecule has 1 unspecified atom stereocenters. The van der Waals surface area contributed by atoms with Crippen molar-refractivity contribution >= 4 is 6.29 Å². The third-order valence-corrected chi connectivity index (χ3v) is 3.76. The van der Waals surface area contributed by atoms with E-state index >= 15 is 0 Å². The highest BCUT2D eigenvalue weighted by molar-refractivity contribution is 5.68. The maximum absolute atomic E-state index is 11.1. The van der Waals surface area contributed by atoms with E-state index in [9.17, 15) is 4.79 Å². The third-order valence-electron chi connectivity index (χ3n) is 3.76. The summed E-state index contributed by atoms with van der Waals surface area (Å²) in [6, 6.07) is 20.7. The molecule has 0 amide bonds. The molecule has 84 valence electrons. The number of benzene rings is 2. The van der Waals surface area contributed by atoms with Gasteiger partial charge in [0.05, 0.1) is 0 Å². The summed E-state index contributed by atoms with van der Waals surface area (Å²) in [6.07, 6.45) is 2.03. The van der Waals surface area contributed by atoms with Crippen molar-refractivity contribution in [1.82, 2.24) is 0 Å². The fraction of sp³-hybridized carbons (Fsp3) is 0.188. The van der Waals surface area contributed by atoms with Crippen molar-refractivity contribution in [3.63, 3.8) is 0 Å². The molecular weight excluding hydrogens is 208 g/mol. The van der Waals surface area contributed by atoms with Crippen LogP contribution in [-0.2, 0) is 10.2 Å². The van der Waals surface area contributed by atoms with E-state index in [4.69, 9.17) is 0 Å². The number of carbonyl (C=O) groups excluding carboxylic acids is 1. The maximum Gasteiger partial charge on any atom is 0.124 e. The van der Waals surface area contributed by atoms with Gasteiger partial charge >= 0.3 is 0 Å². The third kappa shape index (κ3) is 1.50. The van der Waals surface area contributed by atoms with Gasteiger partial charge in [-0.2, -0.15) is 0 Å².